The fourth-order valence-corrected chi connectivity index (χ4v) is 4.01. The van der Waals surface area contributed by atoms with Crippen molar-refractivity contribution in [3.05, 3.63) is 83.6 Å². The van der Waals surface area contributed by atoms with E-state index in [0.717, 1.165) is 0 Å². The molecule has 0 radical (unpaired) electrons. The van der Waals surface area contributed by atoms with Gasteiger partial charge in [0.25, 0.3) is 0 Å². The molecule has 0 aliphatic heterocycles. The Bertz CT molecular complexity index is 1470. The van der Waals surface area contributed by atoms with Crippen LogP contribution in [-0.2, 0) is 11.2 Å². The van der Waals surface area contributed by atoms with Crippen LogP contribution in [0.5, 0.6) is 17.2 Å². The van der Waals surface area contributed by atoms with E-state index in [9.17, 15) is 29.7 Å². The lowest BCUT2D eigenvalue weighted by molar-refractivity contribution is -0.136. The van der Waals surface area contributed by atoms with Gasteiger partial charge in [0.15, 0.2) is 0 Å². The van der Waals surface area contributed by atoms with E-state index in [1.54, 1.807) is 47.0 Å². The highest BCUT2D eigenvalue weighted by atomic mass is 16.5. The summed E-state index contributed by atoms with van der Waals surface area (Å²) < 4.78 is 13.1. The molecule has 0 aliphatic carbocycles. The number of benzene rings is 3. The van der Waals surface area contributed by atoms with E-state index >= 15 is 0 Å². The fraction of sp³-hybridized carbons (Fsp3) is 0.148. The van der Waals surface area contributed by atoms with Crippen LogP contribution in [0.3, 0.4) is 0 Å². The highest BCUT2D eigenvalue weighted by Gasteiger charge is 2.25. The zero-order valence-electron chi connectivity index (χ0n) is 19.5. The molecule has 36 heavy (non-hydrogen) atoms. The zero-order chi connectivity index (χ0) is 26.0. The average molecular weight is 489 g/mol. The quantitative estimate of drug-likeness (QED) is 0.291. The van der Waals surface area contributed by atoms with Gasteiger partial charge in [-0.25, -0.2) is 9.59 Å². The summed E-state index contributed by atoms with van der Waals surface area (Å²) in [5, 5.41) is 29.1. The van der Waals surface area contributed by atoms with Gasteiger partial charge in [-0.15, -0.1) is 0 Å². The van der Waals surface area contributed by atoms with Gasteiger partial charge in [0.1, 0.15) is 17.2 Å². The number of rotatable bonds is 9. The van der Waals surface area contributed by atoms with E-state index in [4.69, 9.17) is 9.47 Å². The molecule has 0 atom stereocenters. The van der Waals surface area contributed by atoms with Gasteiger partial charge in [-0.05, 0) is 74.5 Å². The molecule has 3 aromatic carbocycles. The van der Waals surface area contributed by atoms with Crippen LogP contribution in [0, 0.1) is 0 Å². The highest BCUT2D eigenvalue weighted by Crippen LogP contribution is 2.35. The minimum atomic E-state index is -1.28. The molecule has 9 nitrogen and oxygen atoms in total. The largest absolute Gasteiger partial charge is 0.491 e. The third-order valence-corrected chi connectivity index (χ3v) is 5.35. The molecule has 1 heterocycles. The van der Waals surface area contributed by atoms with E-state index in [-0.39, 0.29) is 39.8 Å². The monoisotopic (exact) mass is 489 g/mol. The minimum absolute atomic E-state index is 0.0287. The van der Waals surface area contributed by atoms with Crippen LogP contribution in [0.2, 0.25) is 0 Å². The maximum Gasteiger partial charge on any atom is 0.338 e. The number of nitrogens with zero attached hydrogens (tertiary/aromatic N) is 1. The molecule has 0 saturated carbocycles. The number of carboxylic acid groups (broad SMARTS) is 3. The number of carbonyl (C=O) groups is 3. The maximum atomic E-state index is 12.3. The smallest absolute Gasteiger partial charge is 0.338 e. The first-order chi connectivity index (χ1) is 17.1. The van der Waals surface area contributed by atoms with Gasteiger partial charge in [0, 0.05) is 16.8 Å². The summed E-state index contributed by atoms with van der Waals surface area (Å²) in [5.41, 5.74) is 1.04. The van der Waals surface area contributed by atoms with Crippen LogP contribution in [0.1, 0.15) is 40.3 Å². The van der Waals surface area contributed by atoms with Crippen LogP contribution in [-0.4, -0.2) is 43.9 Å². The number of aliphatic carboxylic acids is 1. The van der Waals surface area contributed by atoms with Crippen molar-refractivity contribution in [1.29, 1.82) is 0 Å². The van der Waals surface area contributed by atoms with Crippen molar-refractivity contribution in [3.63, 3.8) is 0 Å². The van der Waals surface area contributed by atoms with E-state index < -0.39 is 24.3 Å². The molecule has 1 aromatic heterocycles. The molecular formula is C27H23NO8. The number of hydrogen-bond donors (Lipinski definition) is 3. The predicted octanol–water partition coefficient (Wildman–Crippen LogP) is 5.23. The van der Waals surface area contributed by atoms with E-state index in [2.05, 4.69) is 0 Å². The first-order valence-electron chi connectivity index (χ1n) is 11.0. The number of aromatic carboxylic acids is 2. The summed E-state index contributed by atoms with van der Waals surface area (Å²) in [6.45, 7) is 3.80. The second-order valence-electron chi connectivity index (χ2n) is 8.31. The molecular weight excluding hydrogens is 466 g/mol. The Hall–Kier alpha value is -4.79. The molecule has 0 unspecified atom stereocenters. The number of hydrogen-bond acceptors (Lipinski definition) is 5. The Morgan fingerprint density at radius 2 is 1.50 bits per heavy atom. The van der Waals surface area contributed by atoms with Crippen LogP contribution in [0.15, 0.2) is 66.7 Å². The number of fused-ring (bicyclic) bond motifs is 1. The summed E-state index contributed by atoms with van der Waals surface area (Å²) in [6, 6.07) is 17.6. The lowest BCUT2D eigenvalue weighted by Gasteiger charge is -2.13. The lowest BCUT2D eigenvalue weighted by atomic mass is 10.1. The SMILES string of the molecule is CC(C)Oc1ccc(-n2c(CC(=O)O)c(C(=O)O)c3cc(Oc4cccc(C(=O)O)c4)ccc32)cc1. The second kappa shape index (κ2) is 9.83. The van der Waals surface area contributed by atoms with Gasteiger partial charge >= 0.3 is 17.9 Å². The van der Waals surface area contributed by atoms with E-state index in [1.165, 1.54) is 24.3 Å². The van der Waals surface area contributed by atoms with Gasteiger partial charge in [-0.2, -0.15) is 0 Å². The molecule has 4 rings (SSSR count). The third-order valence-electron chi connectivity index (χ3n) is 5.35. The van der Waals surface area contributed by atoms with E-state index in [1.807, 2.05) is 13.8 Å². The summed E-state index contributed by atoms with van der Waals surface area (Å²) >= 11 is 0. The molecule has 0 amide bonds. The summed E-state index contributed by atoms with van der Waals surface area (Å²) in [5.74, 6) is -2.40. The molecule has 0 saturated heterocycles. The van der Waals surface area contributed by atoms with Gasteiger partial charge < -0.3 is 29.4 Å². The average Bonchev–Trinajstić information content (AvgIpc) is 3.12. The van der Waals surface area contributed by atoms with Crippen molar-refractivity contribution in [2.45, 2.75) is 26.4 Å². The highest BCUT2D eigenvalue weighted by molar-refractivity contribution is 6.07. The van der Waals surface area contributed by atoms with Gasteiger partial charge in [0.05, 0.1) is 29.2 Å². The van der Waals surface area contributed by atoms with Crippen molar-refractivity contribution >= 4 is 28.8 Å². The summed E-state index contributed by atoms with van der Waals surface area (Å²) in [6.07, 6.45) is -0.545. The van der Waals surface area contributed by atoms with Gasteiger partial charge in [-0.3, -0.25) is 4.79 Å². The third kappa shape index (κ3) is 5.00. The van der Waals surface area contributed by atoms with Gasteiger partial charge in [-0.1, -0.05) is 6.07 Å². The minimum Gasteiger partial charge on any atom is -0.491 e. The van der Waals surface area contributed by atoms with Crippen molar-refractivity contribution in [2.24, 2.45) is 0 Å². The Morgan fingerprint density at radius 3 is 2.11 bits per heavy atom. The lowest BCUT2D eigenvalue weighted by Crippen LogP contribution is -2.11. The Morgan fingerprint density at radius 1 is 0.833 bits per heavy atom. The van der Waals surface area contributed by atoms with Crippen molar-refractivity contribution in [2.75, 3.05) is 0 Å². The molecule has 184 valence electrons. The normalized spacial score (nSPS) is 11.0. The first kappa shape index (κ1) is 24.3. The van der Waals surface area contributed by atoms with Crippen LogP contribution >= 0.6 is 0 Å². The molecule has 0 aliphatic rings. The molecule has 4 aromatic rings. The van der Waals surface area contributed by atoms with Crippen LogP contribution < -0.4 is 9.47 Å². The molecule has 9 heteroatoms. The molecule has 0 fully saturated rings. The maximum absolute atomic E-state index is 12.3. The molecule has 3 N–H and O–H groups in total. The zero-order valence-corrected chi connectivity index (χ0v) is 19.5. The standard InChI is InChI=1S/C27H23NO8/c1-15(2)35-18-8-6-17(7-9-18)28-22-11-10-20(36-19-5-3-4-16(12-19)26(31)32)13-21(22)25(27(33)34)23(28)14-24(29)30/h3-13,15H,14H2,1-2H3,(H,29,30)(H,31,32)(H,33,34). The molecule has 0 bridgehead atoms. The number of aromatic nitrogens is 1. The molecule has 0 spiro atoms. The van der Waals surface area contributed by atoms with Crippen LogP contribution in [0.25, 0.3) is 16.6 Å². The summed E-state index contributed by atoms with van der Waals surface area (Å²) in [4.78, 5) is 35.2. The van der Waals surface area contributed by atoms with Crippen molar-refractivity contribution in [1.82, 2.24) is 4.57 Å². The Labute approximate surface area is 205 Å². The first-order valence-corrected chi connectivity index (χ1v) is 11.0. The van der Waals surface area contributed by atoms with Crippen LogP contribution in [0.4, 0.5) is 0 Å². The topological polar surface area (TPSA) is 135 Å². The summed E-state index contributed by atoms with van der Waals surface area (Å²) in [7, 11) is 0. The van der Waals surface area contributed by atoms with E-state index in [0.29, 0.717) is 17.0 Å². The number of ether oxygens (including phenoxy) is 2. The number of carboxylic acids is 3. The van der Waals surface area contributed by atoms with Crippen molar-refractivity contribution in [3.8, 4) is 22.9 Å². The second-order valence-corrected chi connectivity index (χ2v) is 8.31. The Balaban J connectivity index is 1.86. The fourth-order valence-electron chi connectivity index (χ4n) is 4.01. The predicted molar refractivity (Wildman–Crippen MR) is 131 cm³/mol. The van der Waals surface area contributed by atoms with Crippen molar-refractivity contribution < 1.29 is 39.2 Å². The van der Waals surface area contributed by atoms with Gasteiger partial charge in [0.2, 0.25) is 0 Å². The Kier molecular flexibility index (Phi) is 6.64.